The van der Waals surface area contributed by atoms with Crippen LogP contribution in [0, 0.1) is 0 Å². The van der Waals surface area contributed by atoms with Crippen LogP contribution in [0.1, 0.15) is 18.0 Å². The van der Waals surface area contributed by atoms with E-state index >= 15 is 0 Å². The van der Waals surface area contributed by atoms with E-state index in [9.17, 15) is 0 Å². The molecule has 0 bridgehead atoms. The van der Waals surface area contributed by atoms with E-state index in [1.807, 2.05) is 24.3 Å². The fourth-order valence-corrected chi connectivity index (χ4v) is 2.61. The molecular weight excluding hydrogens is 254 g/mol. The molecule has 1 heteroatoms. The highest BCUT2D eigenvalue weighted by atomic mass is 14.9. The van der Waals surface area contributed by atoms with Gasteiger partial charge in [-0.1, -0.05) is 60.7 Å². The van der Waals surface area contributed by atoms with E-state index in [1.165, 1.54) is 16.3 Å². The molecule has 3 aromatic rings. The maximum atomic E-state index is 3.89. The van der Waals surface area contributed by atoms with Gasteiger partial charge in [-0.15, -0.1) is 6.58 Å². The van der Waals surface area contributed by atoms with Gasteiger partial charge in [-0.05, 0) is 41.0 Å². The zero-order valence-electron chi connectivity index (χ0n) is 12.0. The molecule has 1 atom stereocenters. The lowest BCUT2D eigenvalue weighted by Gasteiger charge is -2.19. The van der Waals surface area contributed by atoms with Gasteiger partial charge in [-0.2, -0.15) is 0 Å². The Hall–Kier alpha value is -2.54. The van der Waals surface area contributed by atoms with Gasteiger partial charge in [0.1, 0.15) is 0 Å². The second-order valence-electron chi connectivity index (χ2n) is 5.19. The summed E-state index contributed by atoms with van der Waals surface area (Å²) in [6, 6.07) is 25.7. The van der Waals surface area contributed by atoms with Crippen LogP contribution in [0.2, 0.25) is 0 Å². The van der Waals surface area contributed by atoms with Crippen molar-refractivity contribution in [2.24, 2.45) is 0 Å². The second-order valence-corrected chi connectivity index (χ2v) is 5.19. The van der Waals surface area contributed by atoms with Crippen LogP contribution in [-0.2, 0) is 0 Å². The van der Waals surface area contributed by atoms with Gasteiger partial charge >= 0.3 is 0 Å². The lowest BCUT2D eigenvalue weighted by Crippen LogP contribution is -2.09. The third-order valence-electron chi connectivity index (χ3n) is 3.69. The number of benzene rings is 3. The largest absolute Gasteiger partial charge is 0.378 e. The maximum absolute atomic E-state index is 3.89. The SMILES string of the molecule is C=CCC(Nc1ccccc1)c1ccc2ccccc2c1. The van der Waals surface area contributed by atoms with E-state index in [4.69, 9.17) is 0 Å². The molecule has 104 valence electrons. The molecule has 1 nitrogen and oxygen atoms in total. The van der Waals surface area contributed by atoms with E-state index in [1.54, 1.807) is 0 Å². The van der Waals surface area contributed by atoms with Crippen molar-refractivity contribution in [3.05, 3.63) is 91.0 Å². The molecular formula is C20H19N. The number of rotatable bonds is 5. The Balaban J connectivity index is 1.93. The Morgan fingerprint density at radius 1 is 0.857 bits per heavy atom. The Morgan fingerprint density at radius 3 is 2.33 bits per heavy atom. The van der Waals surface area contributed by atoms with Gasteiger partial charge in [0.05, 0.1) is 6.04 Å². The minimum absolute atomic E-state index is 0.245. The fourth-order valence-electron chi connectivity index (χ4n) is 2.61. The van der Waals surface area contributed by atoms with E-state index in [2.05, 4.69) is 66.5 Å². The lowest BCUT2D eigenvalue weighted by molar-refractivity contribution is 0.800. The molecule has 0 aliphatic rings. The van der Waals surface area contributed by atoms with Crippen LogP contribution in [0.15, 0.2) is 85.5 Å². The first kappa shape index (κ1) is 13.4. The summed E-state index contributed by atoms with van der Waals surface area (Å²) in [6.07, 6.45) is 2.86. The van der Waals surface area contributed by atoms with Crippen molar-refractivity contribution in [1.82, 2.24) is 0 Å². The topological polar surface area (TPSA) is 12.0 Å². The smallest absolute Gasteiger partial charge is 0.0548 e. The van der Waals surface area contributed by atoms with Crippen LogP contribution in [0.25, 0.3) is 10.8 Å². The molecule has 0 amide bonds. The van der Waals surface area contributed by atoms with Crippen molar-refractivity contribution in [2.75, 3.05) is 5.32 Å². The first-order valence-corrected chi connectivity index (χ1v) is 7.28. The molecule has 0 aliphatic carbocycles. The zero-order chi connectivity index (χ0) is 14.5. The van der Waals surface area contributed by atoms with Gasteiger partial charge in [-0.3, -0.25) is 0 Å². The minimum atomic E-state index is 0.245. The highest BCUT2D eigenvalue weighted by Crippen LogP contribution is 2.26. The molecule has 0 aliphatic heterocycles. The lowest BCUT2D eigenvalue weighted by atomic mass is 9.99. The molecule has 0 aromatic heterocycles. The number of nitrogens with one attached hydrogen (secondary N) is 1. The Bertz CT molecular complexity index is 731. The summed E-state index contributed by atoms with van der Waals surface area (Å²) in [5, 5.41) is 6.14. The van der Waals surface area contributed by atoms with Gasteiger partial charge < -0.3 is 5.32 Å². The molecule has 3 aromatic carbocycles. The Labute approximate surface area is 125 Å². The highest BCUT2D eigenvalue weighted by Gasteiger charge is 2.10. The molecule has 0 saturated carbocycles. The molecule has 0 fully saturated rings. The van der Waals surface area contributed by atoms with Gasteiger partial charge in [0.15, 0.2) is 0 Å². The first-order chi connectivity index (χ1) is 10.4. The van der Waals surface area contributed by atoms with Crippen molar-refractivity contribution < 1.29 is 0 Å². The Kier molecular flexibility index (Phi) is 4.02. The summed E-state index contributed by atoms with van der Waals surface area (Å²) in [6.45, 7) is 3.89. The van der Waals surface area contributed by atoms with Crippen LogP contribution in [0.5, 0.6) is 0 Å². The van der Waals surface area contributed by atoms with Gasteiger partial charge in [0.2, 0.25) is 0 Å². The third kappa shape index (κ3) is 3.14. The summed E-state index contributed by atoms with van der Waals surface area (Å²) >= 11 is 0. The average Bonchev–Trinajstić information content (AvgIpc) is 2.55. The molecule has 3 rings (SSSR count). The van der Waals surface area contributed by atoms with Crippen molar-refractivity contribution in [3.8, 4) is 0 Å². The summed E-state index contributed by atoms with van der Waals surface area (Å²) < 4.78 is 0. The van der Waals surface area contributed by atoms with E-state index in [0.29, 0.717) is 0 Å². The maximum Gasteiger partial charge on any atom is 0.0548 e. The molecule has 1 N–H and O–H groups in total. The summed E-state index contributed by atoms with van der Waals surface area (Å²) in [5.74, 6) is 0. The molecule has 0 radical (unpaired) electrons. The predicted octanol–water partition coefficient (Wildman–Crippen LogP) is 5.57. The predicted molar refractivity (Wildman–Crippen MR) is 91.6 cm³/mol. The molecule has 1 unspecified atom stereocenters. The van der Waals surface area contributed by atoms with Crippen molar-refractivity contribution in [2.45, 2.75) is 12.5 Å². The molecule has 0 saturated heterocycles. The number of hydrogen-bond donors (Lipinski definition) is 1. The van der Waals surface area contributed by atoms with Crippen LogP contribution in [0.4, 0.5) is 5.69 Å². The van der Waals surface area contributed by atoms with Crippen molar-refractivity contribution >= 4 is 16.5 Å². The fraction of sp³-hybridized carbons (Fsp3) is 0.100. The molecule has 0 heterocycles. The number of fused-ring (bicyclic) bond motifs is 1. The summed E-state index contributed by atoms with van der Waals surface area (Å²) in [5.41, 5.74) is 2.43. The minimum Gasteiger partial charge on any atom is -0.378 e. The van der Waals surface area contributed by atoms with Crippen molar-refractivity contribution in [1.29, 1.82) is 0 Å². The van der Waals surface area contributed by atoms with Crippen molar-refractivity contribution in [3.63, 3.8) is 0 Å². The normalized spacial score (nSPS) is 12.0. The second kappa shape index (κ2) is 6.27. The van der Waals surface area contributed by atoms with E-state index in [-0.39, 0.29) is 6.04 Å². The molecule has 0 spiro atoms. The summed E-state index contributed by atoms with van der Waals surface area (Å²) in [7, 11) is 0. The number of hydrogen-bond acceptors (Lipinski definition) is 1. The van der Waals surface area contributed by atoms with Crippen LogP contribution >= 0.6 is 0 Å². The highest BCUT2D eigenvalue weighted by molar-refractivity contribution is 5.83. The number of anilines is 1. The third-order valence-corrected chi connectivity index (χ3v) is 3.69. The van der Waals surface area contributed by atoms with E-state index in [0.717, 1.165) is 12.1 Å². The zero-order valence-corrected chi connectivity index (χ0v) is 12.0. The average molecular weight is 273 g/mol. The summed E-state index contributed by atoms with van der Waals surface area (Å²) in [4.78, 5) is 0. The van der Waals surface area contributed by atoms with Gasteiger partial charge in [0.25, 0.3) is 0 Å². The van der Waals surface area contributed by atoms with Gasteiger partial charge in [0, 0.05) is 5.69 Å². The van der Waals surface area contributed by atoms with Crippen LogP contribution in [0.3, 0.4) is 0 Å². The Morgan fingerprint density at radius 2 is 1.57 bits per heavy atom. The van der Waals surface area contributed by atoms with Crippen LogP contribution in [-0.4, -0.2) is 0 Å². The standard InChI is InChI=1S/C20H19N/c1-2-8-20(21-19-11-4-3-5-12-19)18-14-13-16-9-6-7-10-17(16)15-18/h2-7,9-15,20-21H,1,8H2. The van der Waals surface area contributed by atoms with Gasteiger partial charge in [-0.25, -0.2) is 0 Å². The molecule has 21 heavy (non-hydrogen) atoms. The van der Waals surface area contributed by atoms with Crippen LogP contribution < -0.4 is 5.32 Å². The number of para-hydroxylation sites is 1. The first-order valence-electron chi connectivity index (χ1n) is 7.28. The monoisotopic (exact) mass is 273 g/mol. The quantitative estimate of drug-likeness (QED) is 0.599. The van der Waals surface area contributed by atoms with E-state index < -0.39 is 0 Å².